The van der Waals surface area contributed by atoms with Gasteiger partial charge < -0.3 is 14.4 Å². The molecule has 0 radical (unpaired) electrons. The van der Waals surface area contributed by atoms with Gasteiger partial charge in [0.1, 0.15) is 13.2 Å². The highest BCUT2D eigenvalue weighted by atomic mass is 16.6. The van der Waals surface area contributed by atoms with Gasteiger partial charge in [-0.15, -0.1) is 0 Å². The van der Waals surface area contributed by atoms with E-state index in [1.807, 2.05) is 73.9 Å². The van der Waals surface area contributed by atoms with Gasteiger partial charge in [0.2, 0.25) is 0 Å². The Morgan fingerprint density at radius 1 is 1.07 bits per heavy atom. The SMILES string of the molecule is Cn1cc(/C=C/C(=O)N(C/C=C\c2ccccc2)c2ccc3c(c2)OCCO3)cn1. The molecule has 1 amide bonds. The van der Waals surface area contributed by atoms with Gasteiger partial charge in [0, 0.05) is 43.2 Å². The number of hydrogen-bond acceptors (Lipinski definition) is 4. The van der Waals surface area contributed by atoms with Gasteiger partial charge in [-0.25, -0.2) is 0 Å². The zero-order valence-corrected chi connectivity index (χ0v) is 16.8. The van der Waals surface area contributed by atoms with Crippen molar-refractivity contribution in [1.82, 2.24) is 9.78 Å². The van der Waals surface area contributed by atoms with E-state index in [9.17, 15) is 4.79 Å². The van der Waals surface area contributed by atoms with Gasteiger partial charge >= 0.3 is 0 Å². The molecule has 152 valence electrons. The van der Waals surface area contributed by atoms with Crippen molar-refractivity contribution in [2.45, 2.75) is 0 Å². The molecule has 30 heavy (non-hydrogen) atoms. The zero-order valence-electron chi connectivity index (χ0n) is 16.8. The Hall–Kier alpha value is -3.80. The van der Waals surface area contributed by atoms with Crippen molar-refractivity contribution in [2.75, 3.05) is 24.7 Å². The number of carbonyl (C=O) groups is 1. The van der Waals surface area contributed by atoms with E-state index in [2.05, 4.69) is 5.10 Å². The van der Waals surface area contributed by atoms with Gasteiger partial charge in [0.05, 0.1) is 6.20 Å². The molecule has 6 nitrogen and oxygen atoms in total. The summed E-state index contributed by atoms with van der Waals surface area (Å²) in [5.41, 5.74) is 2.70. The van der Waals surface area contributed by atoms with Gasteiger partial charge in [0.25, 0.3) is 5.91 Å². The Balaban J connectivity index is 1.57. The number of amides is 1. The van der Waals surface area contributed by atoms with Crippen molar-refractivity contribution in [1.29, 1.82) is 0 Å². The average Bonchev–Trinajstić information content (AvgIpc) is 3.20. The van der Waals surface area contributed by atoms with Crippen LogP contribution in [0.4, 0.5) is 5.69 Å². The van der Waals surface area contributed by atoms with Crippen molar-refractivity contribution < 1.29 is 14.3 Å². The van der Waals surface area contributed by atoms with Crippen LogP contribution in [0.1, 0.15) is 11.1 Å². The van der Waals surface area contributed by atoms with Crippen molar-refractivity contribution >= 4 is 23.7 Å². The van der Waals surface area contributed by atoms with E-state index in [1.165, 1.54) is 0 Å². The zero-order chi connectivity index (χ0) is 20.8. The molecule has 4 rings (SSSR count). The monoisotopic (exact) mass is 401 g/mol. The highest BCUT2D eigenvalue weighted by molar-refractivity contribution is 6.04. The standard InChI is InChI=1S/C24H23N3O3/c1-26-18-20(17-25-26)9-12-24(28)27(13-5-8-19-6-3-2-4-7-19)21-10-11-22-23(16-21)30-15-14-29-22/h2-12,16-18H,13-15H2,1H3/b8-5-,12-9+. The van der Waals surface area contributed by atoms with Crippen molar-refractivity contribution in [3.63, 3.8) is 0 Å². The number of hydrogen-bond donors (Lipinski definition) is 0. The van der Waals surface area contributed by atoms with Gasteiger partial charge in [0.15, 0.2) is 11.5 Å². The Labute approximate surface area is 175 Å². The average molecular weight is 401 g/mol. The first-order valence-corrected chi connectivity index (χ1v) is 9.78. The Bertz CT molecular complexity index is 1070. The van der Waals surface area contributed by atoms with Crippen LogP contribution < -0.4 is 14.4 Å². The molecule has 0 saturated heterocycles. The number of benzene rings is 2. The van der Waals surface area contributed by atoms with E-state index in [1.54, 1.807) is 27.9 Å². The van der Waals surface area contributed by atoms with E-state index in [0.717, 1.165) is 16.8 Å². The molecule has 1 aromatic heterocycles. The van der Waals surface area contributed by atoms with Crippen LogP contribution in [0.2, 0.25) is 0 Å². The van der Waals surface area contributed by atoms with Crippen LogP contribution in [0.5, 0.6) is 11.5 Å². The van der Waals surface area contributed by atoms with Gasteiger partial charge in [-0.2, -0.15) is 5.10 Å². The summed E-state index contributed by atoms with van der Waals surface area (Å²) in [6.45, 7) is 1.45. The number of carbonyl (C=O) groups excluding carboxylic acids is 1. The largest absolute Gasteiger partial charge is 0.486 e. The molecule has 0 unspecified atom stereocenters. The summed E-state index contributed by atoms with van der Waals surface area (Å²) in [5, 5.41) is 4.13. The number of ether oxygens (including phenoxy) is 2. The van der Waals surface area contributed by atoms with Crippen molar-refractivity contribution in [3.05, 3.63) is 84.2 Å². The number of aromatic nitrogens is 2. The lowest BCUT2D eigenvalue weighted by Crippen LogP contribution is -2.29. The molecule has 1 aliphatic heterocycles. The van der Waals surface area contributed by atoms with Crippen molar-refractivity contribution in [3.8, 4) is 11.5 Å². The second-order valence-electron chi connectivity index (χ2n) is 6.87. The minimum atomic E-state index is -0.131. The molecule has 0 spiro atoms. The maximum absolute atomic E-state index is 13.0. The molecule has 0 aliphatic carbocycles. The third-order valence-electron chi connectivity index (χ3n) is 4.64. The quantitative estimate of drug-likeness (QED) is 0.587. The third-order valence-corrected chi connectivity index (χ3v) is 4.64. The Morgan fingerprint density at radius 2 is 1.87 bits per heavy atom. The fourth-order valence-corrected chi connectivity index (χ4v) is 3.16. The van der Waals surface area contributed by atoms with Crippen LogP contribution in [-0.2, 0) is 11.8 Å². The Morgan fingerprint density at radius 3 is 2.63 bits per heavy atom. The van der Waals surface area contributed by atoms with Crippen LogP contribution >= 0.6 is 0 Å². The molecule has 0 atom stereocenters. The molecule has 2 heterocycles. The van der Waals surface area contributed by atoms with Gasteiger partial charge in [-0.3, -0.25) is 9.48 Å². The first-order chi connectivity index (χ1) is 14.7. The normalized spacial score (nSPS) is 13.1. The minimum absolute atomic E-state index is 0.131. The summed E-state index contributed by atoms with van der Waals surface area (Å²) in [6, 6.07) is 15.6. The fourth-order valence-electron chi connectivity index (χ4n) is 3.16. The fraction of sp³-hybridized carbons (Fsp3) is 0.167. The maximum atomic E-state index is 13.0. The van der Waals surface area contributed by atoms with Crippen LogP contribution in [0.25, 0.3) is 12.2 Å². The summed E-state index contributed by atoms with van der Waals surface area (Å²) in [6.07, 6.45) is 10.9. The Kier molecular flexibility index (Phi) is 5.94. The molecule has 0 saturated carbocycles. The number of fused-ring (bicyclic) bond motifs is 1. The minimum Gasteiger partial charge on any atom is -0.486 e. The summed E-state index contributed by atoms with van der Waals surface area (Å²) in [5.74, 6) is 1.22. The predicted molar refractivity (Wildman–Crippen MR) is 118 cm³/mol. The number of rotatable bonds is 6. The molecule has 0 fully saturated rings. The summed E-state index contributed by atoms with van der Waals surface area (Å²) in [4.78, 5) is 14.7. The summed E-state index contributed by atoms with van der Waals surface area (Å²) >= 11 is 0. The van der Waals surface area contributed by atoms with Gasteiger partial charge in [-0.05, 0) is 23.8 Å². The topological polar surface area (TPSA) is 56.6 Å². The molecular weight excluding hydrogens is 378 g/mol. The highest BCUT2D eigenvalue weighted by Gasteiger charge is 2.17. The summed E-state index contributed by atoms with van der Waals surface area (Å²) < 4.78 is 13.0. The second kappa shape index (κ2) is 9.13. The first kappa shape index (κ1) is 19.5. The molecule has 6 heteroatoms. The molecule has 3 aromatic rings. The lowest BCUT2D eigenvalue weighted by Gasteiger charge is -2.23. The molecule has 0 bridgehead atoms. The first-order valence-electron chi connectivity index (χ1n) is 9.78. The lowest BCUT2D eigenvalue weighted by molar-refractivity contribution is -0.114. The van der Waals surface area contributed by atoms with Crippen molar-refractivity contribution in [2.24, 2.45) is 7.05 Å². The smallest absolute Gasteiger partial charge is 0.251 e. The van der Waals surface area contributed by atoms with E-state index in [0.29, 0.717) is 31.3 Å². The number of aryl methyl sites for hydroxylation is 1. The van der Waals surface area contributed by atoms with Crippen LogP contribution in [0, 0.1) is 0 Å². The van der Waals surface area contributed by atoms with E-state index < -0.39 is 0 Å². The molecule has 2 aromatic carbocycles. The maximum Gasteiger partial charge on any atom is 0.251 e. The lowest BCUT2D eigenvalue weighted by atomic mass is 10.2. The predicted octanol–water partition coefficient (Wildman–Crippen LogP) is 3.95. The van der Waals surface area contributed by atoms with E-state index >= 15 is 0 Å². The second-order valence-corrected chi connectivity index (χ2v) is 6.87. The van der Waals surface area contributed by atoms with E-state index in [-0.39, 0.29) is 5.91 Å². The summed E-state index contributed by atoms with van der Waals surface area (Å²) in [7, 11) is 1.84. The number of nitrogens with zero attached hydrogens (tertiary/aromatic N) is 3. The van der Waals surface area contributed by atoms with Gasteiger partial charge in [-0.1, -0.05) is 42.5 Å². The van der Waals surface area contributed by atoms with Crippen LogP contribution in [0.3, 0.4) is 0 Å². The third kappa shape index (κ3) is 4.78. The molecular formula is C24H23N3O3. The van der Waals surface area contributed by atoms with E-state index in [4.69, 9.17) is 9.47 Å². The molecule has 0 N–H and O–H groups in total. The van der Waals surface area contributed by atoms with Crippen LogP contribution in [-0.4, -0.2) is 35.4 Å². The number of anilines is 1. The van der Waals surface area contributed by atoms with Crippen LogP contribution in [0.15, 0.2) is 73.1 Å². The highest BCUT2D eigenvalue weighted by Crippen LogP contribution is 2.34. The molecule has 1 aliphatic rings.